The third-order valence-corrected chi connectivity index (χ3v) is 3.82. The summed E-state index contributed by atoms with van der Waals surface area (Å²) in [6.07, 6.45) is 0. The predicted molar refractivity (Wildman–Crippen MR) is 73.7 cm³/mol. The van der Waals surface area contributed by atoms with Crippen LogP contribution >= 0.6 is 11.6 Å². The Kier molecular flexibility index (Phi) is 4.25. The van der Waals surface area contributed by atoms with Gasteiger partial charge in [0.2, 0.25) is 0 Å². The zero-order valence-electron chi connectivity index (χ0n) is 11.0. The van der Waals surface area contributed by atoms with E-state index in [1.54, 1.807) is 6.07 Å². The summed E-state index contributed by atoms with van der Waals surface area (Å²) < 4.78 is 13.2. The van der Waals surface area contributed by atoms with Gasteiger partial charge in [0.05, 0.1) is 5.02 Å². The number of hydrogen-bond acceptors (Lipinski definition) is 2. The third-order valence-electron chi connectivity index (χ3n) is 3.53. The van der Waals surface area contributed by atoms with E-state index in [0.29, 0.717) is 0 Å². The van der Waals surface area contributed by atoms with Gasteiger partial charge in [0, 0.05) is 38.1 Å². The molecule has 0 aromatic heterocycles. The van der Waals surface area contributed by atoms with Crippen LogP contribution < -0.4 is 5.32 Å². The first-order chi connectivity index (χ1) is 8.49. The van der Waals surface area contributed by atoms with E-state index >= 15 is 0 Å². The monoisotopic (exact) mass is 270 g/mol. The van der Waals surface area contributed by atoms with Crippen molar-refractivity contribution in [3.8, 4) is 0 Å². The standard InChI is InChI=1S/C14H20ClFN2/c1-14(2,10-18-7-5-17-6-8-18)11-3-4-13(16)12(15)9-11/h3-4,9,17H,5-8,10H2,1-2H3. The molecule has 1 aliphatic heterocycles. The molecule has 2 rings (SSSR count). The minimum atomic E-state index is -0.349. The summed E-state index contributed by atoms with van der Waals surface area (Å²) in [6.45, 7) is 9.55. The van der Waals surface area contributed by atoms with Crippen molar-refractivity contribution in [2.24, 2.45) is 0 Å². The number of hydrogen-bond donors (Lipinski definition) is 1. The SMILES string of the molecule is CC(C)(CN1CCNCC1)c1ccc(F)c(Cl)c1. The summed E-state index contributed by atoms with van der Waals surface area (Å²) in [5.41, 5.74) is 1.07. The molecule has 1 aromatic rings. The van der Waals surface area contributed by atoms with Crippen molar-refractivity contribution in [3.63, 3.8) is 0 Å². The van der Waals surface area contributed by atoms with E-state index in [4.69, 9.17) is 11.6 Å². The lowest BCUT2D eigenvalue weighted by atomic mass is 9.84. The van der Waals surface area contributed by atoms with Crippen LogP contribution in [0, 0.1) is 5.82 Å². The maximum atomic E-state index is 13.2. The maximum absolute atomic E-state index is 13.2. The van der Waals surface area contributed by atoms with E-state index in [-0.39, 0.29) is 16.3 Å². The van der Waals surface area contributed by atoms with Crippen LogP contribution in [-0.2, 0) is 5.41 Å². The molecular formula is C14H20ClFN2. The zero-order valence-corrected chi connectivity index (χ0v) is 11.7. The van der Waals surface area contributed by atoms with Gasteiger partial charge in [-0.3, -0.25) is 4.90 Å². The largest absolute Gasteiger partial charge is 0.314 e. The highest BCUT2D eigenvalue weighted by atomic mass is 35.5. The number of rotatable bonds is 3. The van der Waals surface area contributed by atoms with E-state index in [1.807, 2.05) is 6.07 Å². The average Bonchev–Trinajstić information content (AvgIpc) is 2.33. The van der Waals surface area contributed by atoms with Crippen molar-refractivity contribution in [1.82, 2.24) is 10.2 Å². The van der Waals surface area contributed by atoms with Crippen molar-refractivity contribution in [2.75, 3.05) is 32.7 Å². The second-order valence-electron chi connectivity index (χ2n) is 5.54. The van der Waals surface area contributed by atoms with Gasteiger partial charge in [-0.25, -0.2) is 4.39 Å². The Labute approximate surface area is 113 Å². The highest BCUT2D eigenvalue weighted by molar-refractivity contribution is 6.30. The second-order valence-corrected chi connectivity index (χ2v) is 5.95. The molecule has 1 saturated heterocycles. The molecule has 0 amide bonds. The zero-order chi connectivity index (χ0) is 13.2. The fourth-order valence-corrected chi connectivity index (χ4v) is 2.62. The summed E-state index contributed by atoms with van der Waals surface area (Å²) in [5.74, 6) is -0.349. The van der Waals surface area contributed by atoms with Gasteiger partial charge in [0.1, 0.15) is 5.82 Å². The number of piperazine rings is 1. The van der Waals surface area contributed by atoms with Gasteiger partial charge in [0.25, 0.3) is 0 Å². The molecule has 1 N–H and O–H groups in total. The Morgan fingerprint density at radius 1 is 1.33 bits per heavy atom. The second kappa shape index (κ2) is 5.55. The molecule has 0 spiro atoms. The van der Waals surface area contributed by atoms with Gasteiger partial charge in [-0.15, -0.1) is 0 Å². The minimum absolute atomic E-state index is 0.0192. The molecule has 2 nitrogen and oxygen atoms in total. The van der Waals surface area contributed by atoms with Gasteiger partial charge in [-0.05, 0) is 17.7 Å². The molecule has 1 aromatic carbocycles. The molecule has 1 heterocycles. The normalized spacial score (nSPS) is 18.0. The van der Waals surface area contributed by atoms with Crippen molar-refractivity contribution >= 4 is 11.6 Å². The Morgan fingerprint density at radius 2 is 2.00 bits per heavy atom. The molecule has 1 aliphatic rings. The molecule has 0 saturated carbocycles. The Hall–Kier alpha value is -0.640. The number of nitrogens with one attached hydrogen (secondary N) is 1. The first-order valence-electron chi connectivity index (χ1n) is 6.38. The molecule has 0 aliphatic carbocycles. The van der Waals surface area contributed by atoms with Gasteiger partial charge >= 0.3 is 0 Å². The smallest absolute Gasteiger partial charge is 0.141 e. The predicted octanol–water partition coefficient (Wildman–Crippen LogP) is 2.66. The lowest BCUT2D eigenvalue weighted by Gasteiger charge is -2.35. The van der Waals surface area contributed by atoms with Gasteiger partial charge in [0.15, 0.2) is 0 Å². The maximum Gasteiger partial charge on any atom is 0.141 e. The van der Waals surface area contributed by atoms with Crippen LogP contribution in [0.4, 0.5) is 4.39 Å². The Bertz CT molecular complexity index is 414. The highest BCUT2D eigenvalue weighted by Gasteiger charge is 2.25. The lowest BCUT2D eigenvalue weighted by molar-refractivity contribution is 0.200. The van der Waals surface area contributed by atoms with E-state index in [2.05, 4.69) is 24.1 Å². The molecular weight excluding hydrogens is 251 g/mol. The first-order valence-corrected chi connectivity index (χ1v) is 6.75. The highest BCUT2D eigenvalue weighted by Crippen LogP contribution is 2.28. The van der Waals surface area contributed by atoms with Crippen LogP contribution in [0.25, 0.3) is 0 Å². The van der Waals surface area contributed by atoms with E-state index in [1.165, 1.54) is 6.07 Å². The summed E-state index contributed by atoms with van der Waals surface area (Å²) in [7, 11) is 0. The van der Waals surface area contributed by atoms with E-state index in [9.17, 15) is 4.39 Å². The molecule has 0 radical (unpaired) electrons. The Balaban J connectivity index is 2.10. The Morgan fingerprint density at radius 3 is 2.61 bits per heavy atom. The third kappa shape index (κ3) is 3.22. The fourth-order valence-electron chi connectivity index (χ4n) is 2.44. The number of benzene rings is 1. The molecule has 4 heteroatoms. The number of halogens is 2. The van der Waals surface area contributed by atoms with Crippen LogP contribution in [0.5, 0.6) is 0 Å². The quantitative estimate of drug-likeness (QED) is 0.909. The molecule has 1 fully saturated rings. The number of nitrogens with zero attached hydrogens (tertiary/aromatic N) is 1. The molecule has 0 unspecified atom stereocenters. The minimum Gasteiger partial charge on any atom is -0.314 e. The lowest BCUT2D eigenvalue weighted by Crippen LogP contribution is -2.47. The van der Waals surface area contributed by atoms with Crippen LogP contribution in [0.15, 0.2) is 18.2 Å². The van der Waals surface area contributed by atoms with Crippen LogP contribution in [-0.4, -0.2) is 37.6 Å². The molecule has 0 bridgehead atoms. The van der Waals surface area contributed by atoms with Gasteiger partial charge in [-0.1, -0.05) is 31.5 Å². The first kappa shape index (κ1) is 13.8. The van der Waals surface area contributed by atoms with Crippen LogP contribution in [0.2, 0.25) is 5.02 Å². The van der Waals surface area contributed by atoms with Crippen molar-refractivity contribution in [3.05, 3.63) is 34.6 Å². The summed E-state index contributed by atoms with van der Waals surface area (Å²) in [4.78, 5) is 2.44. The van der Waals surface area contributed by atoms with E-state index in [0.717, 1.165) is 38.3 Å². The molecule has 0 atom stereocenters. The van der Waals surface area contributed by atoms with Crippen LogP contribution in [0.1, 0.15) is 19.4 Å². The summed E-state index contributed by atoms with van der Waals surface area (Å²) in [6, 6.07) is 5.04. The van der Waals surface area contributed by atoms with Crippen LogP contribution in [0.3, 0.4) is 0 Å². The summed E-state index contributed by atoms with van der Waals surface area (Å²) in [5, 5.41) is 3.55. The molecule has 100 valence electrons. The van der Waals surface area contributed by atoms with Gasteiger partial charge in [-0.2, -0.15) is 0 Å². The average molecular weight is 271 g/mol. The van der Waals surface area contributed by atoms with E-state index < -0.39 is 0 Å². The van der Waals surface area contributed by atoms with Gasteiger partial charge < -0.3 is 5.32 Å². The van der Waals surface area contributed by atoms with Crippen molar-refractivity contribution < 1.29 is 4.39 Å². The fraction of sp³-hybridized carbons (Fsp3) is 0.571. The van der Waals surface area contributed by atoms with Crippen molar-refractivity contribution in [1.29, 1.82) is 0 Å². The topological polar surface area (TPSA) is 15.3 Å². The summed E-state index contributed by atoms with van der Waals surface area (Å²) >= 11 is 5.86. The molecule has 18 heavy (non-hydrogen) atoms. The van der Waals surface area contributed by atoms with Crippen molar-refractivity contribution in [2.45, 2.75) is 19.3 Å².